The van der Waals surface area contributed by atoms with Gasteiger partial charge in [0.2, 0.25) is 5.91 Å². The fraction of sp³-hybridized carbons (Fsp3) is 0.857. The number of rotatable bonds is 6. The molecule has 5 heteroatoms. The standard InChI is InChI=1S/C7H15BN2OS/c1-2-6(5-9)10-7(11)3-4-12-8/h6H,2-5,9H2,1H3,(H,10,11). The summed E-state index contributed by atoms with van der Waals surface area (Å²) in [5.74, 6) is 0.692. The first-order chi connectivity index (χ1) is 5.74. The van der Waals surface area contributed by atoms with E-state index in [4.69, 9.17) is 12.9 Å². The summed E-state index contributed by atoms with van der Waals surface area (Å²) >= 11 is 1.18. The second kappa shape index (κ2) is 7.49. The summed E-state index contributed by atoms with van der Waals surface area (Å²) in [6.45, 7) is 2.49. The Kier molecular flexibility index (Phi) is 7.40. The van der Waals surface area contributed by atoms with Gasteiger partial charge in [-0.25, -0.2) is 11.6 Å². The van der Waals surface area contributed by atoms with E-state index < -0.39 is 0 Å². The van der Waals surface area contributed by atoms with Crippen molar-refractivity contribution in [2.45, 2.75) is 25.8 Å². The maximum atomic E-state index is 11.1. The van der Waals surface area contributed by atoms with E-state index in [9.17, 15) is 4.79 Å². The first-order valence-electron chi connectivity index (χ1n) is 4.05. The lowest BCUT2D eigenvalue weighted by molar-refractivity contribution is -0.121. The van der Waals surface area contributed by atoms with Gasteiger partial charge >= 0.3 is 0 Å². The molecule has 1 atom stereocenters. The van der Waals surface area contributed by atoms with Crippen LogP contribution in [0, 0.1) is 0 Å². The molecule has 0 bridgehead atoms. The van der Waals surface area contributed by atoms with Gasteiger partial charge in [-0.2, -0.15) is 0 Å². The SMILES string of the molecule is [B]SCCC(=O)NC(CC)CN. The van der Waals surface area contributed by atoms with Crippen molar-refractivity contribution in [3.05, 3.63) is 0 Å². The predicted molar refractivity (Wildman–Crippen MR) is 54.1 cm³/mol. The summed E-state index contributed by atoms with van der Waals surface area (Å²) in [7, 11) is 5.18. The molecule has 1 amide bonds. The first kappa shape index (κ1) is 11.8. The number of nitrogens with one attached hydrogen (secondary N) is 1. The van der Waals surface area contributed by atoms with Crippen LogP contribution in [0.1, 0.15) is 19.8 Å². The molecule has 2 radical (unpaired) electrons. The van der Waals surface area contributed by atoms with E-state index >= 15 is 0 Å². The summed E-state index contributed by atoms with van der Waals surface area (Å²) in [4.78, 5) is 11.1. The Balaban J connectivity index is 3.52. The van der Waals surface area contributed by atoms with Crippen LogP contribution in [-0.2, 0) is 4.79 Å². The minimum Gasteiger partial charge on any atom is -0.352 e. The Morgan fingerprint density at radius 2 is 2.42 bits per heavy atom. The van der Waals surface area contributed by atoms with Crippen molar-refractivity contribution in [1.29, 1.82) is 0 Å². The quantitative estimate of drug-likeness (QED) is 0.576. The molecule has 0 rings (SSSR count). The second-order valence-corrected chi connectivity index (χ2v) is 3.27. The molecular formula is C7H15BN2OS. The van der Waals surface area contributed by atoms with Crippen LogP contribution < -0.4 is 11.1 Å². The largest absolute Gasteiger partial charge is 0.352 e. The second-order valence-electron chi connectivity index (χ2n) is 2.53. The Hall–Kier alpha value is -0.155. The maximum Gasteiger partial charge on any atom is 0.221 e. The lowest BCUT2D eigenvalue weighted by Gasteiger charge is -2.13. The van der Waals surface area contributed by atoms with Crippen LogP contribution in [0.15, 0.2) is 0 Å². The highest BCUT2D eigenvalue weighted by Crippen LogP contribution is 1.95. The minimum atomic E-state index is 0.0326. The van der Waals surface area contributed by atoms with E-state index in [-0.39, 0.29) is 11.9 Å². The average Bonchev–Trinajstić information content (AvgIpc) is 2.10. The number of amides is 1. The lowest BCUT2D eigenvalue weighted by Crippen LogP contribution is -2.39. The molecule has 0 heterocycles. The van der Waals surface area contributed by atoms with Gasteiger partial charge in [-0.1, -0.05) is 6.92 Å². The van der Waals surface area contributed by atoms with Gasteiger partial charge in [-0.15, -0.1) is 0 Å². The summed E-state index contributed by atoms with van der Waals surface area (Å²) in [5, 5.41) is 2.82. The van der Waals surface area contributed by atoms with E-state index in [1.54, 1.807) is 0 Å². The van der Waals surface area contributed by atoms with Crippen LogP contribution in [0.5, 0.6) is 0 Å². The third-order valence-corrected chi connectivity index (χ3v) is 2.03. The highest BCUT2D eigenvalue weighted by atomic mass is 32.2. The normalized spacial score (nSPS) is 12.5. The Bertz CT molecular complexity index is 131. The van der Waals surface area contributed by atoms with Gasteiger partial charge in [0, 0.05) is 19.0 Å². The van der Waals surface area contributed by atoms with Crippen molar-refractivity contribution in [3.8, 4) is 0 Å². The molecular weight excluding hydrogens is 171 g/mol. The van der Waals surface area contributed by atoms with Gasteiger partial charge in [-0.05, 0) is 12.2 Å². The molecule has 1 unspecified atom stereocenters. The fourth-order valence-electron chi connectivity index (χ4n) is 0.779. The molecule has 12 heavy (non-hydrogen) atoms. The number of hydrogen-bond acceptors (Lipinski definition) is 3. The van der Waals surface area contributed by atoms with Gasteiger partial charge in [0.25, 0.3) is 0 Å². The van der Waals surface area contributed by atoms with Gasteiger partial charge in [-0.3, -0.25) is 4.79 Å². The highest BCUT2D eigenvalue weighted by Gasteiger charge is 2.06. The Morgan fingerprint density at radius 3 is 2.83 bits per heavy atom. The summed E-state index contributed by atoms with van der Waals surface area (Å²) in [5.41, 5.74) is 5.42. The molecule has 3 nitrogen and oxygen atoms in total. The molecule has 0 saturated carbocycles. The van der Waals surface area contributed by atoms with Crippen LogP contribution in [-0.4, -0.2) is 31.4 Å². The third-order valence-electron chi connectivity index (χ3n) is 1.59. The van der Waals surface area contributed by atoms with Crippen LogP contribution in [0.25, 0.3) is 0 Å². The molecule has 68 valence electrons. The van der Waals surface area contributed by atoms with Gasteiger partial charge in [0.1, 0.15) is 0 Å². The van der Waals surface area contributed by atoms with E-state index in [1.165, 1.54) is 11.6 Å². The van der Waals surface area contributed by atoms with Crippen molar-refractivity contribution in [2.75, 3.05) is 12.3 Å². The minimum absolute atomic E-state index is 0.0326. The molecule has 0 aliphatic rings. The van der Waals surface area contributed by atoms with Crippen LogP contribution in [0.4, 0.5) is 0 Å². The zero-order valence-corrected chi connectivity index (χ0v) is 8.19. The van der Waals surface area contributed by atoms with E-state index in [1.807, 2.05) is 6.92 Å². The smallest absolute Gasteiger partial charge is 0.221 e. The monoisotopic (exact) mass is 186 g/mol. The average molecular weight is 186 g/mol. The Labute approximate surface area is 79.2 Å². The number of nitrogens with two attached hydrogens (primary N) is 1. The van der Waals surface area contributed by atoms with Crippen molar-refractivity contribution in [2.24, 2.45) is 5.73 Å². The number of carbonyl (C=O) groups is 1. The van der Waals surface area contributed by atoms with Crippen LogP contribution >= 0.6 is 11.6 Å². The number of carbonyl (C=O) groups excluding carboxylic acids is 1. The highest BCUT2D eigenvalue weighted by molar-refractivity contribution is 8.19. The third kappa shape index (κ3) is 5.49. The van der Waals surface area contributed by atoms with Crippen LogP contribution in [0.2, 0.25) is 0 Å². The van der Waals surface area contributed by atoms with Gasteiger partial charge in [0.05, 0.1) is 0 Å². The number of hydrogen-bond donors (Lipinski definition) is 2. The van der Waals surface area contributed by atoms with E-state index in [0.717, 1.165) is 6.42 Å². The summed E-state index contributed by atoms with van der Waals surface area (Å²) < 4.78 is 0. The predicted octanol–water partition coefficient (Wildman–Crippen LogP) is 0.0467. The molecule has 0 aromatic carbocycles. The molecule has 0 aromatic heterocycles. The molecule has 0 aliphatic heterocycles. The van der Waals surface area contributed by atoms with Crippen molar-refractivity contribution in [3.63, 3.8) is 0 Å². The van der Waals surface area contributed by atoms with Gasteiger partial charge < -0.3 is 11.1 Å². The zero-order valence-electron chi connectivity index (χ0n) is 7.38. The maximum absolute atomic E-state index is 11.1. The topological polar surface area (TPSA) is 55.1 Å². The van der Waals surface area contributed by atoms with Crippen molar-refractivity contribution in [1.82, 2.24) is 5.32 Å². The molecule has 0 aromatic rings. The van der Waals surface area contributed by atoms with E-state index in [2.05, 4.69) is 5.32 Å². The molecule has 0 aliphatic carbocycles. The molecule has 0 saturated heterocycles. The molecule has 0 spiro atoms. The van der Waals surface area contributed by atoms with Gasteiger partial charge in [0.15, 0.2) is 7.12 Å². The van der Waals surface area contributed by atoms with E-state index in [0.29, 0.717) is 18.7 Å². The zero-order chi connectivity index (χ0) is 9.40. The summed E-state index contributed by atoms with van der Waals surface area (Å²) in [6, 6.07) is 0.111. The molecule has 0 fully saturated rings. The summed E-state index contributed by atoms with van der Waals surface area (Å²) in [6.07, 6.45) is 1.34. The Morgan fingerprint density at radius 1 is 1.75 bits per heavy atom. The lowest BCUT2D eigenvalue weighted by atomic mass is 10.2. The first-order valence-corrected chi connectivity index (χ1v) is 5.10. The van der Waals surface area contributed by atoms with Crippen molar-refractivity contribution < 1.29 is 4.79 Å². The fourth-order valence-corrected chi connectivity index (χ4v) is 1.08. The molecule has 3 N–H and O–H groups in total. The van der Waals surface area contributed by atoms with Crippen molar-refractivity contribution >= 4 is 24.6 Å². The van der Waals surface area contributed by atoms with Crippen LogP contribution in [0.3, 0.4) is 0 Å².